The fourth-order valence-corrected chi connectivity index (χ4v) is 9.74. The molecule has 506 valence electrons. The van der Waals surface area contributed by atoms with Crippen LogP contribution in [0.3, 0.4) is 0 Å². The summed E-state index contributed by atoms with van der Waals surface area (Å²) in [5.74, 6) is -13.3. The van der Waals surface area contributed by atoms with Crippen LogP contribution in [0.1, 0.15) is 133 Å². The lowest BCUT2D eigenvalue weighted by Crippen LogP contribution is -2.63. The molecule has 1 fully saturated rings. The van der Waals surface area contributed by atoms with Crippen LogP contribution in [0.15, 0.2) is 54.6 Å². The Kier molecular flexibility index (Phi) is 32.7. The summed E-state index contributed by atoms with van der Waals surface area (Å²) in [4.78, 5) is 165. The summed E-state index contributed by atoms with van der Waals surface area (Å²) in [6, 6.07) is 1.42. The highest BCUT2D eigenvalue weighted by Gasteiger charge is 2.41. The van der Waals surface area contributed by atoms with E-state index in [2.05, 4.69) is 53.2 Å². The number of nitrogens with two attached hydrogens (primary N) is 3. The Morgan fingerprint density at radius 1 is 0.571 bits per heavy atom. The second kappa shape index (κ2) is 38.6. The number of aliphatic hydroxyl groups is 2. The van der Waals surface area contributed by atoms with Crippen LogP contribution in [0, 0.1) is 23.7 Å². The SMILES string of the molecule is CC[C@@H](C)[C@@H](NC(=O)[C@@H](CCC(N)=O)NC(=O)[C@H](CO)NC(=O)[C@@H](NC(=O)[C@H](N)Cc1ccc(-c2ccccc2)cc1)[C@@H](C)CC)C(=O)N[C@H](C(=O)N[C@@H](CO)C(=O)N[C@H]1C(=O)N[C@@H](C)C(=O)N[C@@H](CCCCN)C(=O)N[C@@H]([C@@H](C)CC)C(=O)O[C@H]1C)[C@@H](C)CC. The molecule has 0 saturated carbocycles. The van der Waals surface area contributed by atoms with Crippen molar-refractivity contribution in [3.05, 3.63) is 60.2 Å². The highest BCUT2D eigenvalue weighted by Crippen LogP contribution is 2.21. The van der Waals surface area contributed by atoms with Crippen LogP contribution in [-0.2, 0) is 68.7 Å². The summed E-state index contributed by atoms with van der Waals surface area (Å²) in [6.07, 6.45) is 0.223. The van der Waals surface area contributed by atoms with E-state index >= 15 is 0 Å². The summed E-state index contributed by atoms with van der Waals surface area (Å²) in [5, 5.41) is 46.4. The van der Waals surface area contributed by atoms with Gasteiger partial charge in [-0.1, -0.05) is 136 Å². The smallest absolute Gasteiger partial charge is 0.329 e. The predicted octanol–water partition coefficient (Wildman–Crippen LogP) is -1.40. The summed E-state index contributed by atoms with van der Waals surface area (Å²) in [5.41, 5.74) is 20.2. The molecule has 2 aromatic rings. The van der Waals surface area contributed by atoms with Crippen LogP contribution in [0.5, 0.6) is 0 Å². The van der Waals surface area contributed by atoms with Gasteiger partial charge in [0, 0.05) is 6.42 Å². The normalized spacial score (nSPS) is 20.8. The zero-order valence-electron chi connectivity index (χ0n) is 54.1. The Hall–Kier alpha value is -8.08. The minimum Gasteiger partial charge on any atom is -0.458 e. The van der Waals surface area contributed by atoms with E-state index in [0.717, 1.165) is 16.7 Å². The molecule has 2 aromatic carbocycles. The van der Waals surface area contributed by atoms with Crippen molar-refractivity contribution < 1.29 is 72.5 Å². The van der Waals surface area contributed by atoms with E-state index in [-0.39, 0.29) is 25.7 Å². The van der Waals surface area contributed by atoms with Gasteiger partial charge in [-0.05, 0) is 92.9 Å². The Morgan fingerprint density at radius 2 is 1.05 bits per heavy atom. The van der Waals surface area contributed by atoms with Gasteiger partial charge in [0.2, 0.25) is 65.0 Å². The lowest BCUT2D eigenvalue weighted by Gasteiger charge is -2.31. The molecule has 16 atom stereocenters. The van der Waals surface area contributed by atoms with Gasteiger partial charge < -0.3 is 85.3 Å². The Morgan fingerprint density at radius 3 is 1.56 bits per heavy atom. The Balaban J connectivity index is 1.82. The number of carbonyl (C=O) groups excluding carboxylic acids is 12. The topological polar surface area (TPSA) is 453 Å². The van der Waals surface area contributed by atoms with Crippen molar-refractivity contribution in [2.24, 2.45) is 40.9 Å². The summed E-state index contributed by atoms with van der Waals surface area (Å²) >= 11 is 0. The van der Waals surface area contributed by atoms with Crippen molar-refractivity contribution in [2.75, 3.05) is 19.8 Å². The van der Waals surface area contributed by atoms with E-state index in [1.165, 1.54) is 13.8 Å². The number of cyclic esters (lactones) is 1. The van der Waals surface area contributed by atoms with Crippen molar-refractivity contribution >= 4 is 70.9 Å². The molecule has 91 heavy (non-hydrogen) atoms. The zero-order chi connectivity index (χ0) is 68.2. The quantitative estimate of drug-likeness (QED) is 0.0283. The minimum atomic E-state index is -1.82. The molecule has 1 aliphatic rings. The molecule has 0 spiro atoms. The van der Waals surface area contributed by atoms with Gasteiger partial charge in [-0.2, -0.15) is 0 Å². The predicted molar refractivity (Wildman–Crippen MR) is 337 cm³/mol. The van der Waals surface area contributed by atoms with E-state index in [4.69, 9.17) is 21.9 Å². The van der Waals surface area contributed by atoms with Gasteiger partial charge >= 0.3 is 5.97 Å². The molecular formula is C63H99N13O15. The molecule has 1 heterocycles. The number of carbonyl (C=O) groups is 12. The average Bonchev–Trinajstić information content (AvgIpc) is 2.26. The summed E-state index contributed by atoms with van der Waals surface area (Å²) in [6.45, 7) is 14.4. The third-order valence-corrected chi connectivity index (χ3v) is 16.6. The fourth-order valence-electron chi connectivity index (χ4n) is 9.74. The van der Waals surface area contributed by atoms with Crippen LogP contribution in [0.25, 0.3) is 11.1 Å². The van der Waals surface area contributed by atoms with Crippen molar-refractivity contribution in [1.29, 1.82) is 0 Å². The molecule has 28 heteroatoms. The molecule has 18 N–H and O–H groups in total. The van der Waals surface area contributed by atoms with Gasteiger partial charge in [0.15, 0.2) is 0 Å². The first-order chi connectivity index (χ1) is 43.1. The second-order valence-electron chi connectivity index (χ2n) is 23.6. The van der Waals surface area contributed by atoms with Gasteiger partial charge in [0.1, 0.15) is 66.5 Å². The third kappa shape index (κ3) is 23.9. The first kappa shape index (κ1) is 77.2. The van der Waals surface area contributed by atoms with Crippen LogP contribution < -0.4 is 70.4 Å². The van der Waals surface area contributed by atoms with Gasteiger partial charge in [0.25, 0.3) is 0 Å². The average molecular weight is 1280 g/mol. The molecule has 11 amide bonds. The molecule has 0 aliphatic carbocycles. The largest absolute Gasteiger partial charge is 0.458 e. The van der Waals surface area contributed by atoms with Crippen LogP contribution in [-0.4, -0.2) is 173 Å². The first-order valence-corrected chi connectivity index (χ1v) is 31.4. The minimum absolute atomic E-state index is 0.130. The van der Waals surface area contributed by atoms with E-state index < -0.39 is 193 Å². The molecule has 1 saturated heterocycles. The van der Waals surface area contributed by atoms with E-state index in [1.807, 2.05) is 54.6 Å². The number of rotatable bonds is 34. The van der Waals surface area contributed by atoms with E-state index in [1.54, 1.807) is 55.4 Å². The number of hydrogen-bond donors (Lipinski definition) is 15. The third-order valence-electron chi connectivity index (χ3n) is 16.6. The Labute approximate surface area is 532 Å². The van der Waals surface area contributed by atoms with Gasteiger partial charge in [0.05, 0.1) is 19.3 Å². The summed E-state index contributed by atoms with van der Waals surface area (Å²) in [7, 11) is 0. The Bertz CT molecular complexity index is 2780. The van der Waals surface area contributed by atoms with Crippen LogP contribution in [0.2, 0.25) is 0 Å². The standard InChI is InChI=1S/C63H99N13O15/c1-11-33(5)48(72-54(81)42(65)30-39-23-25-41(26-24-39)40-20-16-15-17-21-40)59(86)70-45(31-77)57(84)69-44(27-28-47(66)79)56(83)73-50(35(7)13-3)61(88)74-49(34(6)12-2)60(87)71-46(32-78)58(85)76-52-38(10)91-63(90)51(36(8)14-4)75-55(82)43(22-18-19-29-64)68-53(80)37(9)67-62(52)89/h15-17,20-21,23-26,33-38,42-46,48-52,77-78H,11-14,18-19,22,27-32,64-65H2,1-10H3,(H2,66,79)(H,67,89)(H,68,80)(H,69,84)(H,70,86)(H,71,87)(H,72,81)(H,73,83)(H,74,88)(H,75,82)(H,76,85)/t33-,34-,35+,36-,37-,38-,42+,43-,44+,45-,46-,48-,49-,50+,51-,52+/m0/s1. The fraction of sp³-hybridized carbons (Fsp3) is 0.619. The lowest BCUT2D eigenvalue weighted by molar-refractivity contribution is -0.157. The van der Waals surface area contributed by atoms with E-state index in [9.17, 15) is 67.7 Å². The monoisotopic (exact) mass is 1280 g/mol. The van der Waals surface area contributed by atoms with Crippen LogP contribution >= 0.6 is 0 Å². The highest BCUT2D eigenvalue weighted by atomic mass is 16.5. The van der Waals surface area contributed by atoms with Crippen molar-refractivity contribution in [1.82, 2.24) is 53.2 Å². The number of nitrogens with one attached hydrogen (secondary N) is 10. The number of unbranched alkanes of at least 4 members (excludes halogenated alkanes) is 1. The number of esters is 1. The number of ether oxygens (including phenoxy) is 1. The molecular weight excluding hydrogens is 1180 g/mol. The molecule has 0 bridgehead atoms. The maximum Gasteiger partial charge on any atom is 0.329 e. The van der Waals surface area contributed by atoms with Crippen molar-refractivity contribution in [3.8, 4) is 11.1 Å². The lowest BCUT2D eigenvalue weighted by atomic mass is 9.94. The van der Waals surface area contributed by atoms with Gasteiger partial charge in [-0.15, -0.1) is 0 Å². The first-order valence-electron chi connectivity index (χ1n) is 31.4. The summed E-state index contributed by atoms with van der Waals surface area (Å²) < 4.78 is 5.71. The van der Waals surface area contributed by atoms with Crippen molar-refractivity contribution in [2.45, 2.75) is 206 Å². The molecule has 28 nitrogen and oxygen atoms in total. The van der Waals surface area contributed by atoms with Crippen molar-refractivity contribution in [3.63, 3.8) is 0 Å². The number of benzene rings is 2. The number of aliphatic hydroxyl groups excluding tert-OH is 2. The maximum absolute atomic E-state index is 14.4. The molecule has 0 unspecified atom stereocenters. The molecule has 0 aromatic heterocycles. The van der Waals surface area contributed by atoms with Gasteiger partial charge in [-0.25, -0.2) is 4.79 Å². The highest BCUT2D eigenvalue weighted by molar-refractivity contribution is 5.99. The molecule has 3 rings (SSSR count). The molecule has 1 aliphatic heterocycles. The second-order valence-corrected chi connectivity index (χ2v) is 23.6. The van der Waals surface area contributed by atoms with Gasteiger partial charge in [-0.3, -0.25) is 52.7 Å². The van der Waals surface area contributed by atoms with Crippen LogP contribution in [0.4, 0.5) is 0 Å². The zero-order valence-corrected chi connectivity index (χ0v) is 54.1. The number of primary amides is 1. The number of amides is 11. The molecule has 0 radical (unpaired) electrons. The maximum atomic E-state index is 14.4. The number of hydrogen-bond acceptors (Lipinski definition) is 17. The van der Waals surface area contributed by atoms with E-state index in [0.29, 0.717) is 32.2 Å².